The number of imide groups is 2. The van der Waals surface area contributed by atoms with E-state index in [0.717, 1.165) is 22.4 Å². The van der Waals surface area contributed by atoms with Crippen molar-refractivity contribution >= 4 is 35.1 Å². The number of carbonyl (C=O) groups excluding carboxylic acids is 3. The van der Waals surface area contributed by atoms with Gasteiger partial charge in [0, 0.05) is 12.2 Å². The summed E-state index contributed by atoms with van der Waals surface area (Å²) in [7, 11) is 0. The van der Waals surface area contributed by atoms with Crippen molar-refractivity contribution in [2.24, 2.45) is 5.41 Å². The molecule has 3 unspecified atom stereocenters. The summed E-state index contributed by atoms with van der Waals surface area (Å²) in [6, 6.07) is 8.81. The average Bonchev–Trinajstić information content (AvgIpc) is 2.73. The van der Waals surface area contributed by atoms with E-state index < -0.39 is 41.2 Å². The minimum absolute atomic E-state index is 0.0332. The predicted molar refractivity (Wildman–Crippen MR) is 116 cm³/mol. The molecule has 2 N–H and O–H groups in total. The molecule has 3 atom stereocenters. The fraction of sp³-hybridized carbons (Fsp3) is 0.348. The van der Waals surface area contributed by atoms with Crippen molar-refractivity contribution in [2.45, 2.75) is 38.5 Å². The third-order valence-corrected chi connectivity index (χ3v) is 6.86. The summed E-state index contributed by atoms with van der Waals surface area (Å²) in [6.45, 7) is 4.23. The molecule has 0 radical (unpaired) electrons. The summed E-state index contributed by atoms with van der Waals surface area (Å²) in [5, 5.41) is 4.58. The molecule has 2 saturated heterocycles. The number of urea groups is 1. The monoisotopic (exact) mass is 457 g/mol. The van der Waals surface area contributed by atoms with Gasteiger partial charge in [-0.25, -0.2) is 9.18 Å². The molecule has 7 nitrogen and oxygen atoms in total. The van der Waals surface area contributed by atoms with Gasteiger partial charge in [0.1, 0.15) is 5.82 Å². The van der Waals surface area contributed by atoms with Gasteiger partial charge >= 0.3 is 6.03 Å². The van der Waals surface area contributed by atoms with Gasteiger partial charge in [0.05, 0.1) is 23.3 Å². The number of fused-ring (bicyclic) bond motifs is 4. The second kappa shape index (κ2) is 7.28. The minimum atomic E-state index is -1.50. The molecule has 0 aliphatic carbocycles. The Labute approximate surface area is 188 Å². The number of hydrogen-bond donors (Lipinski definition) is 2. The lowest BCUT2D eigenvalue weighted by Gasteiger charge is -2.55. The van der Waals surface area contributed by atoms with Crippen molar-refractivity contribution in [3.63, 3.8) is 0 Å². The highest BCUT2D eigenvalue weighted by atomic mass is 35.5. The molecule has 0 saturated carbocycles. The Hall–Kier alpha value is -2.97. The van der Waals surface area contributed by atoms with E-state index in [-0.39, 0.29) is 17.5 Å². The fourth-order valence-corrected chi connectivity index (χ4v) is 5.46. The maximum Gasteiger partial charge on any atom is 0.328 e. The van der Waals surface area contributed by atoms with Crippen LogP contribution in [0, 0.1) is 11.2 Å². The number of nitrogens with one attached hydrogen (secondary N) is 2. The molecule has 166 valence electrons. The van der Waals surface area contributed by atoms with E-state index in [1.165, 1.54) is 6.07 Å². The fourth-order valence-electron chi connectivity index (χ4n) is 5.28. The van der Waals surface area contributed by atoms with Crippen LogP contribution in [0.2, 0.25) is 5.02 Å². The van der Waals surface area contributed by atoms with Gasteiger partial charge in [-0.3, -0.25) is 20.2 Å². The standard InChI is InChI=1S/C23H21ClFN3O4/c1-11-10-28-18-8-14(13-5-6-17(25)16(24)7-13)3-4-15(18)9-23(19(28)12(2)32-11)20(29)26-22(31)27-21(23)30/h3-8,11-12,19H,9-10H2,1-2H3,(H2,26,27,29,30,31). The zero-order valence-electron chi connectivity index (χ0n) is 17.4. The average molecular weight is 458 g/mol. The molecule has 2 aromatic carbocycles. The van der Waals surface area contributed by atoms with Crippen molar-refractivity contribution in [3.05, 3.63) is 52.8 Å². The number of benzene rings is 2. The van der Waals surface area contributed by atoms with Gasteiger partial charge in [0.15, 0.2) is 5.41 Å². The Morgan fingerprint density at radius 2 is 1.72 bits per heavy atom. The molecule has 0 aromatic heterocycles. The number of halogens is 2. The highest BCUT2D eigenvalue weighted by molar-refractivity contribution is 6.31. The number of nitrogens with zero attached hydrogens (tertiary/aromatic N) is 1. The van der Waals surface area contributed by atoms with Crippen molar-refractivity contribution in [3.8, 4) is 11.1 Å². The van der Waals surface area contributed by atoms with E-state index in [2.05, 4.69) is 10.6 Å². The lowest BCUT2D eigenvalue weighted by molar-refractivity contribution is -0.153. The van der Waals surface area contributed by atoms with Crippen molar-refractivity contribution in [2.75, 3.05) is 11.4 Å². The molecular weight excluding hydrogens is 437 g/mol. The van der Waals surface area contributed by atoms with Crippen molar-refractivity contribution in [1.29, 1.82) is 0 Å². The Bertz CT molecular complexity index is 1150. The van der Waals surface area contributed by atoms with Crippen LogP contribution in [0.1, 0.15) is 19.4 Å². The maximum atomic E-state index is 13.6. The van der Waals surface area contributed by atoms with E-state index in [0.29, 0.717) is 6.54 Å². The summed E-state index contributed by atoms with van der Waals surface area (Å²) >= 11 is 5.98. The van der Waals surface area contributed by atoms with Crippen LogP contribution in [-0.4, -0.2) is 42.6 Å². The lowest BCUT2D eigenvalue weighted by atomic mass is 9.66. The summed E-state index contributed by atoms with van der Waals surface area (Å²) in [5.41, 5.74) is 1.77. The van der Waals surface area contributed by atoms with Crippen molar-refractivity contribution < 1.29 is 23.5 Å². The second-order valence-corrected chi connectivity index (χ2v) is 9.01. The second-order valence-electron chi connectivity index (χ2n) is 8.61. The Morgan fingerprint density at radius 3 is 2.41 bits per heavy atom. The van der Waals surface area contributed by atoms with E-state index in [9.17, 15) is 18.8 Å². The van der Waals surface area contributed by atoms with E-state index in [1.807, 2.05) is 36.9 Å². The van der Waals surface area contributed by atoms with Crippen molar-refractivity contribution in [1.82, 2.24) is 10.6 Å². The molecule has 4 amide bonds. The number of morpholine rings is 1. The number of barbiturate groups is 1. The first kappa shape index (κ1) is 20.9. The molecule has 3 heterocycles. The van der Waals surface area contributed by atoms with E-state index >= 15 is 0 Å². The third kappa shape index (κ3) is 3.01. The first-order valence-electron chi connectivity index (χ1n) is 10.4. The topological polar surface area (TPSA) is 87.7 Å². The summed E-state index contributed by atoms with van der Waals surface area (Å²) in [5.74, 6) is -1.73. The number of ether oxygens (including phenoxy) is 1. The van der Waals surface area contributed by atoms with Crippen LogP contribution in [0.3, 0.4) is 0 Å². The smallest absolute Gasteiger partial charge is 0.328 e. The zero-order valence-corrected chi connectivity index (χ0v) is 18.2. The van der Waals surface area contributed by atoms with E-state index in [1.54, 1.807) is 12.1 Å². The molecule has 32 heavy (non-hydrogen) atoms. The largest absolute Gasteiger partial charge is 0.372 e. The molecule has 2 fully saturated rings. The van der Waals surface area contributed by atoms with Gasteiger partial charge in [-0.2, -0.15) is 0 Å². The SMILES string of the molecule is CC1CN2c3cc(-c4ccc(F)c(Cl)c4)ccc3CC3(C(=O)NC(=O)NC3=O)C2C(C)O1. The molecule has 5 rings (SSSR count). The minimum Gasteiger partial charge on any atom is -0.372 e. The normalized spacial score (nSPS) is 26.3. The lowest BCUT2D eigenvalue weighted by Crippen LogP contribution is -2.75. The number of amides is 4. The quantitative estimate of drug-likeness (QED) is 0.643. The summed E-state index contributed by atoms with van der Waals surface area (Å²) in [4.78, 5) is 40.0. The molecule has 3 aliphatic rings. The van der Waals surface area contributed by atoms with Crippen LogP contribution < -0.4 is 15.5 Å². The van der Waals surface area contributed by atoms with Gasteiger partial charge in [0.2, 0.25) is 11.8 Å². The third-order valence-electron chi connectivity index (χ3n) is 6.57. The Morgan fingerprint density at radius 1 is 1.06 bits per heavy atom. The first-order chi connectivity index (χ1) is 15.2. The van der Waals surface area contributed by atoms with E-state index in [4.69, 9.17) is 16.3 Å². The van der Waals surface area contributed by atoms with Crippen LogP contribution in [0.4, 0.5) is 14.9 Å². The Kier molecular flexibility index (Phi) is 4.76. The number of anilines is 1. The highest BCUT2D eigenvalue weighted by Crippen LogP contribution is 2.47. The first-order valence-corrected chi connectivity index (χ1v) is 10.8. The number of carbonyl (C=O) groups is 3. The van der Waals surface area contributed by atoms with Gasteiger partial charge in [0.25, 0.3) is 0 Å². The Balaban J connectivity index is 1.66. The molecule has 1 spiro atoms. The van der Waals surface area contributed by atoms with Gasteiger partial charge in [-0.15, -0.1) is 0 Å². The van der Waals surface area contributed by atoms with Crippen LogP contribution in [0.5, 0.6) is 0 Å². The molecular formula is C23H21ClFN3O4. The van der Waals surface area contributed by atoms with Gasteiger partial charge in [-0.05, 0) is 55.2 Å². The maximum absolute atomic E-state index is 13.6. The molecule has 0 bridgehead atoms. The molecule has 2 aromatic rings. The number of rotatable bonds is 1. The van der Waals surface area contributed by atoms with Crippen LogP contribution >= 0.6 is 11.6 Å². The van der Waals surface area contributed by atoms with Crippen LogP contribution in [0.25, 0.3) is 11.1 Å². The number of hydrogen-bond acceptors (Lipinski definition) is 5. The highest BCUT2D eigenvalue weighted by Gasteiger charge is 2.62. The summed E-state index contributed by atoms with van der Waals surface area (Å²) < 4.78 is 19.7. The molecule has 9 heteroatoms. The van der Waals surface area contributed by atoms with Crippen LogP contribution in [-0.2, 0) is 20.7 Å². The predicted octanol–water partition coefficient (Wildman–Crippen LogP) is 3.04. The van der Waals surface area contributed by atoms with Crippen LogP contribution in [0.15, 0.2) is 36.4 Å². The summed E-state index contributed by atoms with van der Waals surface area (Å²) in [6.07, 6.45) is -0.453. The van der Waals surface area contributed by atoms with Gasteiger partial charge in [-0.1, -0.05) is 29.8 Å². The van der Waals surface area contributed by atoms with Gasteiger partial charge < -0.3 is 9.64 Å². The molecule has 3 aliphatic heterocycles. The zero-order chi connectivity index (χ0) is 22.8.